The molecule has 9 heteroatoms. The second kappa shape index (κ2) is 14.5. The fourth-order valence-electron chi connectivity index (χ4n) is 2.59. The van der Waals surface area contributed by atoms with Crippen molar-refractivity contribution in [2.45, 2.75) is 45.2 Å². The average molecular weight is 431 g/mol. The first-order valence-corrected chi connectivity index (χ1v) is 10.1. The number of rotatable bonds is 14. The van der Waals surface area contributed by atoms with E-state index < -0.39 is 6.04 Å². The average Bonchev–Trinajstić information content (AvgIpc) is 2.76. The van der Waals surface area contributed by atoms with Gasteiger partial charge in [-0.05, 0) is 43.5 Å². The molecule has 0 bridgehead atoms. The van der Waals surface area contributed by atoms with E-state index in [-0.39, 0.29) is 17.7 Å². The molecule has 0 fully saturated rings. The summed E-state index contributed by atoms with van der Waals surface area (Å²) < 4.78 is 0. The lowest BCUT2D eigenvalue weighted by atomic mass is 10.1. The van der Waals surface area contributed by atoms with Crippen molar-refractivity contribution in [3.8, 4) is 0 Å². The Morgan fingerprint density at radius 1 is 1.06 bits per heavy atom. The van der Waals surface area contributed by atoms with Crippen molar-refractivity contribution in [2.75, 3.05) is 18.9 Å². The number of likely N-dealkylation sites (N-methyl/N-ethyl adjacent to an activating group) is 1. The van der Waals surface area contributed by atoms with Crippen molar-refractivity contribution in [1.29, 1.82) is 0 Å². The predicted molar refractivity (Wildman–Crippen MR) is 117 cm³/mol. The van der Waals surface area contributed by atoms with Gasteiger partial charge in [0.25, 0.3) is 0 Å². The van der Waals surface area contributed by atoms with Gasteiger partial charge >= 0.3 is 0 Å². The molecule has 9 nitrogen and oxygen atoms in total. The van der Waals surface area contributed by atoms with Crippen molar-refractivity contribution >= 4 is 36.1 Å². The highest BCUT2D eigenvalue weighted by molar-refractivity contribution is 5.95. The lowest BCUT2D eigenvalue weighted by Crippen LogP contribution is -2.37. The molecule has 0 unspecified atom stereocenters. The van der Waals surface area contributed by atoms with Crippen LogP contribution in [0.2, 0.25) is 0 Å². The quantitative estimate of drug-likeness (QED) is 0.232. The van der Waals surface area contributed by atoms with Gasteiger partial charge in [0, 0.05) is 38.3 Å². The molecule has 0 aliphatic heterocycles. The Hall–Kier alpha value is -3.49. The number of unbranched alkanes of at least 4 members (excludes halogenated alkanes) is 2. The minimum absolute atomic E-state index is 0.0514. The Labute approximate surface area is 182 Å². The molecule has 0 radical (unpaired) electrons. The summed E-state index contributed by atoms with van der Waals surface area (Å²) in [5.74, 6) is -0.590. The zero-order chi connectivity index (χ0) is 23.1. The van der Waals surface area contributed by atoms with Gasteiger partial charge in [0.05, 0.1) is 0 Å². The molecule has 1 aromatic rings. The summed E-state index contributed by atoms with van der Waals surface area (Å²) in [5, 5.41) is 7.93. The fourth-order valence-corrected chi connectivity index (χ4v) is 2.59. The van der Waals surface area contributed by atoms with E-state index in [0.717, 1.165) is 24.8 Å². The Bertz CT molecular complexity index is 777. The van der Waals surface area contributed by atoms with E-state index in [0.29, 0.717) is 37.9 Å². The monoisotopic (exact) mass is 430 g/mol. The molecule has 168 valence electrons. The molecule has 0 saturated heterocycles. The Kier molecular flexibility index (Phi) is 11.9. The summed E-state index contributed by atoms with van der Waals surface area (Å²) in [6.45, 7) is 2.53. The second-order valence-corrected chi connectivity index (χ2v) is 7.03. The van der Waals surface area contributed by atoms with Crippen LogP contribution in [0.25, 0.3) is 0 Å². The maximum Gasteiger partial charge on any atom is 0.246 e. The van der Waals surface area contributed by atoms with Crippen LogP contribution in [-0.2, 0) is 30.5 Å². The number of hydrogen-bond acceptors (Lipinski definition) is 5. The number of allylic oxidation sites excluding steroid dienone is 1. The van der Waals surface area contributed by atoms with Gasteiger partial charge < -0.3 is 20.9 Å². The molecule has 0 aliphatic carbocycles. The minimum Gasteiger partial charge on any atom is -0.352 e. The normalized spacial score (nSPS) is 11.4. The maximum atomic E-state index is 12.0. The summed E-state index contributed by atoms with van der Waals surface area (Å²) in [6.07, 6.45) is 6.15. The fraction of sp³-hybridized carbons (Fsp3) is 0.409. The molecule has 31 heavy (non-hydrogen) atoms. The molecule has 3 N–H and O–H groups in total. The summed E-state index contributed by atoms with van der Waals surface area (Å²) in [6, 6.07) is 6.44. The molecular weight excluding hydrogens is 400 g/mol. The van der Waals surface area contributed by atoms with Gasteiger partial charge in [-0.25, -0.2) is 0 Å². The smallest absolute Gasteiger partial charge is 0.246 e. The van der Waals surface area contributed by atoms with Crippen LogP contribution in [0, 0.1) is 0 Å². The Morgan fingerprint density at radius 3 is 2.42 bits per heavy atom. The second-order valence-electron chi connectivity index (χ2n) is 7.03. The number of nitrogens with one attached hydrogen (secondary N) is 3. The summed E-state index contributed by atoms with van der Waals surface area (Å²) in [4.78, 5) is 57.5. The van der Waals surface area contributed by atoms with Gasteiger partial charge in [-0.15, -0.1) is 0 Å². The molecule has 0 spiro atoms. The molecule has 4 amide bonds. The number of amides is 4. The lowest BCUT2D eigenvalue weighted by molar-refractivity contribution is -0.125. The number of carbonyl (C=O) groups excluding carboxylic acids is 5. The van der Waals surface area contributed by atoms with Crippen LogP contribution < -0.4 is 16.0 Å². The maximum absolute atomic E-state index is 12.0. The van der Waals surface area contributed by atoms with E-state index in [1.165, 1.54) is 17.1 Å². The van der Waals surface area contributed by atoms with Crippen LogP contribution in [0.4, 0.5) is 5.69 Å². The first-order chi connectivity index (χ1) is 14.9. The lowest BCUT2D eigenvalue weighted by Gasteiger charge is -2.14. The number of anilines is 1. The van der Waals surface area contributed by atoms with Gasteiger partial charge in [-0.2, -0.15) is 0 Å². The van der Waals surface area contributed by atoms with Gasteiger partial charge in [0.2, 0.25) is 24.1 Å². The van der Waals surface area contributed by atoms with Crippen molar-refractivity contribution in [2.24, 2.45) is 0 Å². The zero-order valence-electron chi connectivity index (χ0n) is 17.9. The van der Waals surface area contributed by atoms with Crippen molar-refractivity contribution in [3.05, 3.63) is 42.0 Å². The van der Waals surface area contributed by atoms with Crippen LogP contribution >= 0.6 is 0 Å². The van der Waals surface area contributed by atoms with Crippen molar-refractivity contribution in [3.63, 3.8) is 0 Å². The Morgan fingerprint density at radius 2 is 1.77 bits per heavy atom. The van der Waals surface area contributed by atoms with Crippen LogP contribution in [-0.4, -0.2) is 55.0 Å². The van der Waals surface area contributed by atoms with E-state index in [1.807, 2.05) is 0 Å². The first-order valence-electron chi connectivity index (χ1n) is 10.1. The molecule has 1 aromatic carbocycles. The summed E-state index contributed by atoms with van der Waals surface area (Å²) >= 11 is 0. The summed E-state index contributed by atoms with van der Waals surface area (Å²) in [7, 11) is 1.67. The molecule has 1 rings (SSSR count). The molecule has 0 saturated carbocycles. The topological polar surface area (TPSA) is 125 Å². The van der Waals surface area contributed by atoms with E-state index in [9.17, 15) is 24.0 Å². The highest BCUT2D eigenvalue weighted by atomic mass is 16.2. The van der Waals surface area contributed by atoms with E-state index in [4.69, 9.17) is 0 Å². The van der Waals surface area contributed by atoms with Gasteiger partial charge in [0.1, 0.15) is 12.3 Å². The van der Waals surface area contributed by atoms with Crippen LogP contribution in [0.3, 0.4) is 0 Å². The number of hydrogen-bond donors (Lipinski definition) is 3. The zero-order valence-corrected chi connectivity index (χ0v) is 17.9. The van der Waals surface area contributed by atoms with Crippen LogP contribution in [0.15, 0.2) is 36.4 Å². The third-order valence-corrected chi connectivity index (χ3v) is 4.51. The van der Waals surface area contributed by atoms with Crippen molar-refractivity contribution in [1.82, 2.24) is 15.5 Å². The van der Waals surface area contributed by atoms with Gasteiger partial charge in [0.15, 0.2) is 0 Å². The number of benzene rings is 1. The molecule has 1 atom stereocenters. The standard InChI is InChI=1S/C22H30N4O5/c1-17(24-16-28)22(31)25-19-11-9-18(10-12-19)15-23-20(29)7-4-3-5-13-26(2)21(30)8-6-14-27/h6,8-12,14,16-17H,3-5,7,13,15H2,1-2H3,(H,23,29)(H,24,28)(H,25,31)/b8-6-/t17-/m0/s1. The van der Waals surface area contributed by atoms with Gasteiger partial charge in [-0.1, -0.05) is 18.6 Å². The highest BCUT2D eigenvalue weighted by Crippen LogP contribution is 2.10. The third kappa shape index (κ3) is 10.7. The van der Waals surface area contributed by atoms with Crippen LogP contribution in [0.1, 0.15) is 38.2 Å². The largest absolute Gasteiger partial charge is 0.352 e. The van der Waals surface area contributed by atoms with Gasteiger partial charge in [-0.3, -0.25) is 24.0 Å². The summed E-state index contributed by atoms with van der Waals surface area (Å²) in [5.41, 5.74) is 1.50. The molecular formula is C22H30N4O5. The van der Waals surface area contributed by atoms with Crippen LogP contribution in [0.5, 0.6) is 0 Å². The third-order valence-electron chi connectivity index (χ3n) is 4.51. The predicted octanol–water partition coefficient (Wildman–Crippen LogP) is 1.15. The highest BCUT2D eigenvalue weighted by Gasteiger charge is 2.11. The van der Waals surface area contributed by atoms with E-state index in [2.05, 4.69) is 16.0 Å². The van der Waals surface area contributed by atoms with E-state index in [1.54, 1.807) is 38.2 Å². The first kappa shape index (κ1) is 25.5. The number of nitrogens with zero attached hydrogens (tertiary/aromatic N) is 1. The number of carbonyl (C=O) groups is 5. The molecule has 0 aromatic heterocycles. The minimum atomic E-state index is -0.628. The SMILES string of the molecule is C[C@H](NC=O)C(=O)Nc1ccc(CNC(=O)CCCCCN(C)C(=O)/C=C\C=O)cc1. The molecule has 0 heterocycles. The molecule has 0 aliphatic rings. The Balaban J connectivity index is 2.24. The number of aldehydes is 1. The van der Waals surface area contributed by atoms with E-state index >= 15 is 0 Å². The van der Waals surface area contributed by atoms with Crippen molar-refractivity contribution < 1.29 is 24.0 Å².